The summed E-state index contributed by atoms with van der Waals surface area (Å²) in [4.78, 5) is 10.4. The summed E-state index contributed by atoms with van der Waals surface area (Å²) in [6.45, 7) is 1.20. The molecular formula is C11H12N2O5S. The van der Waals surface area contributed by atoms with Crippen molar-refractivity contribution in [2.75, 3.05) is 7.11 Å². The summed E-state index contributed by atoms with van der Waals surface area (Å²) in [5.74, 6) is -1.32. The Labute approximate surface area is 110 Å². The predicted molar refractivity (Wildman–Crippen MR) is 65.1 cm³/mol. The third-order valence-electron chi connectivity index (χ3n) is 2.28. The number of sulfonamides is 1. The molecule has 2 N–H and O–H groups in total. The Morgan fingerprint density at radius 3 is 2.63 bits per heavy atom. The zero-order valence-electron chi connectivity index (χ0n) is 10.2. The minimum atomic E-state index is -4.04. The average molecular weight is 284 g/mol. The van der Waals surface area contributed by atoms with Gasteiger partial charge in [0.2, 0.25) is 10.0 Å². The molecule has 102 valence electrons. The Balaban J connectivity index is 3.22. The van der Waals surface area contributed by atoms with Gasteiger partial charge in [0.1, 0.15) is 16.7 Å². The van der Waals surface area contributed by atoms with E-state index in [2.05, 4.69) is 0 Å². The predicted octanol–water partition coefficient (Wildman–Crippen LogP) is 0.318. The topological polar surface area (TPSA) is 116 Å². The van der Waals surface area contributed by atoms with E-state index in [0.29, 0.717) is 0 Å². The lowest BCUT2D eigenvalue weighted by molar-refractivity contribution is -0.138. The van der Waals surface area contributed by atoms with Crippen LogP contribution in [0.2, 0.25) is 0 Å². The van der Waals surface area contributed by atoms with Crippen LogP contribution in [-0.4, -0.2) is 32.6 Å². The summed E-state index contributed by atoms with van der Waals surface area (Å²) in [6, 6.07) is 4.34. The van der Waals surface area contributed by atoms with Gasteiger partial charge < -0.3 is 9.84 Å². The van der Waals surface area contributed by atoms with Crippen molar-refractivity contribution in [3.05, 3.63) is 23.8 Å². The van der Waals surface area contributed by atoms with Crippen LogP contribution in [0, 0.1) is 11.3 Å². The van der Waals surface area contributed by atoms with Crippen LogP contribution in [0.4, 0.5) is 0 Å². The molecule has 0 bridgehead atoms. The van der Waals surface area contributed by atoms with Gasteiger partial charge in [0.15, 0.2) is 0 Å². The van der Waals surface area contributed by atoms with Crippen LogP contribution < -0.4 is 9.46 Å². The molecule has 0 aliphatic rings. The number of carboxylic acid groups (broad SMARTS) is 1. The second-order valence-electron chi connectivity index (χ2n) is 3.66. The van der Waals surface area contributed by atoms with Crippen molar-refractivity contribution in [1.82, 2.24) is 4.72 Å². The molecule has 0 heterocycles. The van der Waals surface area contributed by atoms with Gasteiger partial charge in [0.25, 0.3) is 0 Å². The monoisotopic (exact) mass is 284 g/mol. The second kappa shape index (κ2) is 5.69. The molecule has 0 fully saturated rings. The molecule has 1 aromatic rings. The number of carbonyl (C=O) groups is 1. The Hall–Kier alpha value is -2.11. The fraction of sp³-hybridized carbons (Fsp3) is 0.273. The zero-order valence-corrected chi connectivity index (χ0v) is 11.1. The summed E-state index contributed by atoms with van der Waals surface area (Å²) in [5.41, 5.74) is 0.238. The maximum absolute atomic E-state index is 12.0. The number of methoxy groups -OCH3 is 1. The lowest BCUT2D eigenvalue weighted by Gasteiger charge is -2.13. The largest absolute Gasteiger partial charge is 0.495 e. The molecule has 1 atom stereocenters. The van der Waals surface area contributed by atoms with Crippen molar-refractivity contribution < 1.29 is 23.1 Å². The molecule has 0 saturated heterocycles. The molecule has 8 heteroatoms. The van der Waals surface area contributed by atoms with Crippen LogP contribution in [0.1, 0.15) is 12.5 Å². The minimum Gasteiger partial charge on any atom is -0.495 e. The summed E-state index contributed by atoms with van der Waals surface area (Å²) in [7, 11) is -2.78. The van der Waals surface area contributed by atoms with E-state index in [0.717, 1.165) is 0 Å². The first-order valence-corrected chi connectivity index (χ1v) is 6.63. The SMILES string of the molecule is COc1cc(C#N)ccc1S(=O)(=O)N[C@@H](C)C(=O)O. The van der Waals surface area contributed by atoms with Crippen molar-refractivity contribution in [1.29, 1.82) is 5.26 Å². The van der Waals surface area contributed by atoms with E-state index >= 15 is 0 Å². The van der Waals surface area contributed by atoms with Gasteiger partial charge in [-0.2, -0.15) is 9.98 Å². The number of carboxylic acids is 1. The van der Waals surface area contributed by atoms with Gasteiger partial charge in [-0.05, 0) is 25.1 Å². The number of nitriles is 1. The van der Waals surface area contributed by atoms with Crippen molar-refractivity contribution >= 4 is 16.0 Å². The summed E-state index contributed by atoms with van der Waals surface area (Å²) in [5, 5.41) is 17.4. The second-order valence-corrected chi connectivity index (χ2v) is 5.34. The maximum atomic E-state index is 12.0. The molecule has 0 aromatic heterocycles. The molecule has 0 saturated carbocycles. The van der Waals surface area contributed by atoms with Crippen molar-refractivity contribution in [3.8, 4) is 11.8 Å². The van der Waals surface area contributed by atoms with Gasteiger partial charge in [-0.1, -0.05) is 0 Å². The number of hydrogen-bond donors (Lipinski definition) is 2. The minimum absolute atomic E-state index is 0.0239. The van der Waals surface area contributed by atoms with E-state index in [9.17, 15) is 13.2 Å². The average Bonchev–Trinajstić information content (AvgIpc) is 2.37. The van der Waals surface area contributed by atoms with E-state index in [4.69, 9.17) is 15.1 Å². The highest BCUT2D eigenvalue weighted by Crippen LogP contribution is 2.24. The molecule has 1 rings (SSSR count). The van der Waals surface area contributed by atoms with Gasteiger partial charge in [-0.15, -0.1) is 0 Å². The van der Waals surface area contributed by atoms with Crippen molar-refractivity contribution in [2.24, 2.45) is 0 Å². The third kappa shape index (κ3) is 3.43. The fourth-order valence-electron chi connectivity index (χ4n) is 1.31. The van der Waals surface area contributed by atoms with Gasteiger partial charge in [0, 0.05) is 0 Å². The van der Waals surface area contributed by atoms with Crippen molar-refractivity contribution in [3.63, 3.8) is 0 Å². The number of nitrogens with zero attached hydrogens (tertiary/aromatic N) is 1. The molecule has 0 aliphatic heterocycles. The number of benzene rings is 1. The van der Waals surface area contributed by atoms with E-state index in [1.165, 1.54) is 32.2 Å². The smallest absolute Gasteiger partial charge is 0.321 e. The number of aliphatic carboxylic acids is 1. The fourth-order valence-corrected chi connectivity index (χ4v) is 2.65. The highest BCUT2D eigenvalue weighted by molar-refractivity contribution is 7.89. The Morgan fingerprint density at radius 1 is 1.53 bits per heavy atom. The number of nitrogens with one attached hydrogen (secondary N) is 1. The molecule has 0 radical (unpaired) electrons. The lowest BCUT2D eigenvalue weighted by Crippen LogP contribution is -2.38. The molecule has 0 aliphatic carbocycles. The molecule has 7 nitrogen and oxygen atoms in total. The van der Waals surface area contributed by atoms with Crippen LogP contribution in [0.25, 0.3) is 0 Å². The molecular weight excluding hydrogens is 272 g/mol. The zero-order chi connectivity index (χ0) is 14.6. The highest BCUT2D eigenvalue weighted by Gasteiger charge is 2.24. The Bertz CT molecular complexity index is 633. The first-order chi connectivity index (χ1) is 8.81. The van der Waals surface area contributed by atoms with Crippen LogP contribution >= 0.6 is 0 Å². The summed E-state index contributed by atoms with van der Waals surface area (Å²) < 4.78 is 30.9. The van der Waals surface area contributed by atoms with E-state index in [-0.39, 0.29) is 16.2 Å². The molecule has 1 aromatic carbocycles. The molecule has 0 unspecified atom stereocenters. The molecule has 19 heavy (non-hydrogen) atoms. The molecule has 0 amide bonds. The molecule has 0 spiro atoms. The van der Waals surface area contributed by atoms with E-state index < -0.39 is 22.0 Å². The van der Waals surface area contributed by atoms with E-state index in [1.807, 2.05) is 10.8 Å². The van der Waals surface area contributed by atoms with Gasteiger partial charge in [-0.3, -0.25) is 4.79 Å². The van der Waals surface area contributed by atoms with Crippen LogP contribution in [0.15, 0.2) is 23.1 Å². The number of hydrogen-bond acceptors (Lipinski definition) is 5. The van der Waals surface area contributed by atoms with E-state index in [1.54, 1.807) is 0 Å². The summed E-state index contributed by atoms with van der Waals surface area (Å²) >= 11 is 0. The lowest BCUT2D eigenvalue weighted by atomic mass is 10.2. The van der Waals surface area contributed by atoms with Crippen LogP contribution in [0.3, 0.4) is 0 Å². The Kier molecular flexibility index (Phi) is 4.47. The highest BCUT2D eigenvalue weighted by atomic mass is 32.2. The van der Waals surface area contributed by atoms with Crippen LogP contribution in [0.5, 0.6) is 5.75 Å². The maximum Gasteiger partial charge on any atom is 0.321 e. The Morgan fingerprint density at radius 2 is 2.16 bits per heavy atom. The number of rotatable bonds is 5. The first kappa shape index (κ1) is 14.9. The first-order valence-electron chi connectivity index (χ1n) is 5.15. The van der Waals surface area contributed by atoms with Crippen LogP contribution in [-0.2, 0) is 14.8 Å². The van der Waals surface area contributed by atoms with Gasteiger partial charge >= 0.3 is 5.97 Å². The van der Waals surface area contributed by atoms with Crippen molar-refractivity contribution in [2.45, 2.75) is 17.9 Å². The quantitative estimate of drug-likeness (QED) is 0.804. The number of ether oxygens (including phenoxy) is 1. The summed E-state index contributed by atoms with van der Waals surface area (Å²) in [6.07, 6.45) is 0. The van der Waals surface area contributed by atoms with Gasteiger partial charge in [0.05, 0.1) is 18.7 Å². The third-order valence-corrected chi connectivity index (χ3v) is 3.86. The van der Waals surface area contributed by atoms with Gasteiger partial charge in [-0.25, -0.2) is 8.42 Å². The standard InChI is InChI=1S/C11H12N2O5S/c1-7(11(14)15)13-19(16,17)10-4-3-8(6-12)5-9(10)18-2/h3-5,7,13H,1-2H3,(H,14,15)/t7-/m0/s1. The normalized spacial score (nSPS) is 12.5.